The van der Waals surface area contributed by atoms with Crippen LogP contribution in [0, 0.1) is 20.8 Å². The second-order valence-electron chi connectivity index (χ2n) is 8.08. The lowest BCUT2D eigenvalue weighted by atomic mass is 10.1. The van der Waals surface area contributed by atoms with Crippen LogP contribution in [0.25, 0.3) is 0 Å². The number of ether oxygens (including phenoxy) is 2. The minimum absolute atomic E-state index is 0.0963. The van der Waals surface area contributed by atoms with E-state index >= 15 is 0 Å². The SMILES string of the molecule is Cc1ccc(NC(=O)C(OC(=O)c2cccc(C)c2)C(OC(=O)c2cccc(C)c2)C(=O)O)cc1. The first kappa shape index (κ1) is 25.2. The topological polar surface area (TPSA) is 119 Å². The molecular weight excluding hydrogens is 450 g/mol. The first-order valence-corrected chi connectivity index (χ1v) is 10.8. The molecule has 0 aliphatic rings. The maximum Gasteiger partial charge on any atom is 0.349 e. The van der Waals surface area contributed by atoms with Gasteiger partial charge in [0.25, 0.3) is 5.91 Å². The van der Waals surface area contributed by atoms with Gasteiger partial charge in [0.05, 0.1) is 11.1 Å². The van der Waals surface area contributed by atoms with Gasteiger partial charge in [-0.1, -0.05) is 53.1 Å². The molecule has 0 saturated heterocycles. The van der Waals surface area contributed by atoms with Crippen LogP contribution in [0.4, 0.5) is 5.69 Å². The van der Waals surface area contributed by atoms with Gasteiger partial charge in [0.15, 0.2) is 0 Å². The van der Waals surface area contributed by atoms with E-state index in [9.17, 15) is 24.3 Å². The average Bonchev–Trinajstić information content (AvgIpc) is 2.82. The molecule has 0 radical (unpaired) electrons. The van der Waals surface area contributed by atoms with Gasteiger partial charge < -0.3 is 19.9 Å². The molecule has 0 spiro atoms. The van der Waals surface area contributed by atoms with E-state index in [0.29, 0.717) is 5.69 Å². The number of carbonyl (C=O) groups excluding carboxylic acids is 3. The van der Waals surface area contributed by atoms with E-state index in [4.69, 9.17) is 9.47 Å². The van der Waals surface area contributed by atoms with Crippen molar-refractivity contribution in [1.82, 2.24) is 0 Å². The second-order valence-corrected chi connectivity index (χ2v) is 8.08. The van der Waals surface area contributed by atoms with Crippen LogP contribution in [-0.4, -0.2) is 41.1 Å². The lowest BCUT2D eigenvalue weighted by molar-refractivity contribution is -0.157. The van der Waals surface area contributed by atoms with Crippen molar-refractivity contribution in [3.63, 3.8) is 0 Å². The van der Waals surface area contributed by atoms with Crippen molar-refractivity contribution in [1.29, 1.82) is 0 Å². The normalized spacial score (nSPS) is 12.2. The van der Waals surface area contributed by atoms with Gasteiger partial charge in [-0.3, -0.25) is 4.79 Å². The second kappa shape index (κ2) is 11.1. The third kappa shape index (κ3) is 6.77. The predicted molar refractivity (Wildman–Crippen MR) is 128 cm³/mol. The van der Waals surface area contributed by atoms with Crippen LogP contribution in [0.15, 0.2) is 72.8 Å². The van der Waals surface area contributed by atoms with Crippen LogP contribution < -0.4 is 5.32 Å². The van der Waals surface area contributed by atoms with Gasteiger partial charge >= 0.3 is 17.9 Å². The van der Waals surface area contributed by atoms with Crippen LogP contribution >= 0.6 is 0 Å². The molecule has 0 heterocycles. The van der Waals surface area contributed by atoms with Crippen LogP contribution in [-0.2, 0) is 19.1 Å². The molecule has 0 fully saturated rings. The summed E-state index contributed by atoms with van der Waals surface area (Å²) in [5.74, 6) is -4.51. The van der Waals surface area contributed by atoms with Gasteiger partial charge in [-0.05, 0) is 57.2 Å². The molecule has 3 rings (SSSR count). The molecule has 0 aliphatic carbocycles. The van der Waals surface area contributed by atoms with Crippen molar-refractivity contribution >= 4 is 29.5 Å². The number of aliphatic carboxylic acids is 1. The number of amides is 1. The van der Waals surface area contributed by atoms with E-state index in [1.807, 2.05) is 6.92 Å². The minimum Gasteiger partial charge on any atom is -0.478 e. The molecule has 1 amide bonds. The molecule has 8 nitrogen and oxygen atoms in total. The molecule has 3 aromatic carbocycles. The maximum absolute atomic E-state index is 13.1. The number of hydrogen-bond acceptors (Lipinski definition) is 6. The van der Waals surface area contributed by atoms with Gasteiger partial charge in [0.1, 0.15) is 0 Å². The molecule has 0 aromatic heterocycles. The van der Waals surface area contributed by atoms with Gasteiger partial charge in [-0.15, -0.1) is 0 Å². The van der Waals surface area contributed by atoms with E-state index in [1.165, 1.54) is 24.3 Å². The first-order valence-electron chi connectivity index (χ1n) is 10.8. The highest BCUT2D eigenvalue weighted by molar-refractivity contribution is 6.01. The van der Waals surface area contributed by atoms with E-state index in [1.54, 1.807) is 62.4 Å². The largest absolute Gasteiger partial charge is 0.478 e. The molecule has 8 heteroatoms. The lowest BCUT2D eigenvalue weighted by Crippen LogP contribution is -2.48. The van der Waals surface area contributed by atoms with Crippen molar-refractivity contribution in [3.05, 3.63) is 101 Å². The number of carboxylic acids is 1. The van der Waals surface area contributed by atoms with Crippen molar-refractivity contribution in [3.8, 4) is 0 Å². The van der Waals surface area contributed by atoms with Crippen molar-refractivity contribution in [2.24, 2.45) is 0 Å². The fraction of sp³-hybridized carbons (Fsp3) is 0.185. The van der Waals surface area contributed by atoms with Gasteiger partial charge in [0, 0.05) is 5.69 Å². The molecule has 0 aliphatic heterocycles. The Bertz CT molecular complexity index is 1250. The fourth-order valence-electron chi connectivity index (χ4n) is 3.26. The number of benzene rings is 3. The number of rotatable bonds is 8. The van der Waals surface area contributed by atoms with Crippen molar-refractivity contribution in [2.45, 2.75) is 33.0 Å². The summed E-state index contributed by atoms with van der Waals surface area (Å²) in [5, 5.41) is 12.3. The summed E-state index contributed by atoms with van der Waals surface area (Å²) in [7, 11) is 0. The summed E-state index contributed by atoms with van der Waals surface area (Å²) < 4.78 is 10.5. The Morgan fingerprint density at radius 1 is 0.686 bits per heavy atom. The summed E-state index contributed by atoms with van der Waals surface area (Å²) in [6.07, 6.45) is -4.06. The Morgan fingerprint density at radius 2 is 1.17 bits per heavy atom. The fourth-order valence-corrected chi connectivity index (χ4v) is 3.26. The monoisotopic (exact) mass is 475 g/mol. The van der Waals surface area contributed by atoms with Crippen LogP contribution in [0.3, 0.4) is 0 Å². The highest BCUT2D eigenvalue weighted by atomic mass is 16.6. The Balaban J connectivity index is 1.91. The molecule has 2 atom stereocenters. The van der Waals surface area contributed by atoms with E-state index in [-0.39, 0.29) is 11.1 Å². The number of anilines is 1. The quantitative estimate of drug-likeness (QED) is 0.471. The van der Waals surface area contributed by atoms with Crippen LogP contribution in [0.1, 0.15) is 37.4 Å². The van der Waals surface area contributed by atoms with Crippen molar-refractivity contribution in [2.75, 3.05) is 5.32 Å². The molecule has 2 N–H and O–H groups in total. The first-order chi connectivity index (χ1) is 16.6. The van der Waals surface area contributed by atoms with Gasteiger partial charge in [-0.2, -0.15) is 0 Å². The summed E-state index contributed by atoms with van der Waals surface area (Å²) in [4.78, 5) is 50.7. The molecule has 2 unspecified atom stereocenters. The number of nitrogens with one attached hydrogen (secondary N) is 1. The number of carboxylic acid groups (broad SMARTS) is 1. The smallest absolute Gasteiger partial charge is 0.349 e. The summed E-state index contributed by atoms with van der Waals surface area (Å²) in [5.41, 5.74) is 3.03. The molecule has 180 valence electrons. The number of hydrogen-bond donors (Lipinski definition) is 2. The van der Waals surface area contributed by atoms with E-state index in [0.717, 1.165) is 16.7 Å². The predicted octanol–water partition coefficient (Wildman–Crippen LogP) is 4.09. The molecular formula is C27H25NO7. The zero-order valence-corrected chi connectivity index (χ0v) is 19.5. The Hall–Kier alpha value is -4.46. The molecule has 3 aromatic rings. The summed E-state index contributed by atoms with van der Waals surface area (Å²) >= 11 is 0. The Kier molecular flexibility index (Phi) is 7.99. The zero-order chi connectivity index (χ0) is 25.5. The highest BCUT2D eigenvalue weighted by Crippen LogP contribution is 2.17. The molecule has 0 saturated carbocycles. The van der Waals surface area contributed by atoms with E-state index < -0.39 is 36.0 Å². The van der Waals surface area contributed by atoms with Crippen LogP contribution in [0.2, 0.25) is 0 Å². The van der Waals surface area contributed by atoms with E-state index in [2.05, 4.69) is 5.32 Å². The lowest BCUT2D eigenvalue weighted by Gasteiger charge is -2.23. The van der Waals surface area contributed by atoms with Gasteiger partial charge in [0.2, 0.25) is 12.2 Å². The third-order valence-corrected chi connectivity index (χ3v) is 5.07. The molecule has 35 heavy (non-hydrogen) atoms. The highest BCUT2D eigenvalue weighted by Gasteiger charge is 2.41. The molecule has 0 bridgehead atoms. The number of aryl methyl sites for hydroxylation is 3. The zero-order valence-electron chi connectivity index (χ0n) is 19.5. The number of carbonyl (C=O) groups is 4. The summed E-state index contributed by atoms with van der Waals surface area (Å²) in [6.45, 7) is 5.39. The standard InChI is InChI=1S/C27H25NO7/c1-16-10-12-21(13-11-16)28-24(29)22(34-26(32)19-8-4-6-17(2)14-19)23(25(30)31)35-27(33)20-9-5-7-18(3)15-20/h4-15,22-23H,1-3H3,(H,28,29)(H,30,31). The maximum atomic E-state index is 13.1. The minimum atomic E-state index is -2.10. The Labute approximate surface area is 202 Å². The van der Waals surface area contributed by atoms with Gasteiger partial charge in [-0.25, -0.2) is 14.4 Å². The average molecular weight is 475 g/mol. The summed E-state index contributed by atoms with van der Waals surface area (Å²) in [6, 6.07) is 19.4. The van der Waals surface area contributed by atoms with Crippen LogP contribution in [0.5, 0.6) is 0 Å². The third-order valence-electron chi connectivity index (χ3n) is 5.07. The number of esters is 2. The van der Waals surface area contributed by atoms with Crippen molar-refractivity contribution < 1.29 is 33.8 Å². The Morgan fingerprint density at radius 3 is 1.63 bits per heavy atom.